The molecule has 0 saturated carbocycles. The first-order valence-corrected chi connectivity index (χ1v) is 10.9. The van der Waals surface area contributed by atoms with Crippen LogP contribution in [0.5, 0.6) is 5.75 Å². The number of hydrogen-bond acceptors (Lipinski definition) is 4. The molecule has 0 bridgehead atoms. The quantitative estimate of drug-likeness (QED) is 0.537. The lowest BCUT2D eigenvalue weighted by molar-refractivity contribution is 0.155. The van der Waals surface area contributed by atoms with E-state index in [0.717, 1.165) is 29.0 Å². The summed E-state index contributed by atoms with van der Waals surface area (Å²) in [6.07, 6.45) is 0.320. The number of carbonyl (C=O) groups is 2. The van der Waals surface area contributed by atoms with E-state index in [-0.39, 0.29) is 12.6 Å². The summed E-state index contributed by atoms with van der Waals surface area (Å²) in [5, 5.41) is 2.74. The Labute approximate surface area is 193 Å². The number of methoxy groups -OCH3 is 1. The average Bonchev–Trinajstić information content (AvgIpc) is 2.85. The van der Waals surface area contributed by atoms with Crippen molar-refractivity contribution in [3.63, 3.8) is 0 Å². The highest BCUT2D eigenvalue weighted by atomic mass is 16.5. The van der Waals surface area contributed by atoms with Crippen molar-refractivity contribution in [1.29, 1.82) is 0 Å². The molecule has 0 atom stereocenters. The summed E-state index contributed by atoms with van der Waals surface area (Å²) in [5.41, 5.74) is 3.27. The molecule has 1 aliphatic rings. The Hall–Kier alpha value is -4.00. The number of amides is 3. The van der Waals surface area contributed by atoms with Crippen LogP contribution in [0.2, 0.25) is 0 Å². The monoisotopic (exact) mass is 445 g/mol. The van der Waals surface area contributed by atoms with Crippen LogP contribution < -0.4 is 15.0 Å². The fraction of sp³-hybridized carbons (Fsp3) is 0.231. The molecule has 0 aliphatic carbocycles. The number of rotatable bonds is 7. The van der Waals surface area contributed by atoms with Crippen LogP contribution >= 0.6 is 0 Å². The van der Waals surface area contributed by atoms with Crippen LogP contribution in [0, 0.1) is 0 Å². The minimum absolute atomic E-state index is 0.0547. The summed E-state index contributed by atoms with van der Waals surface area (Å²) in [6.45, 7) is 2.05. The van der Waals surface area contributed by atoms with Gasteiger partial charge in [-0.15, -0.1) is 0 Å². The summed E-state index contributed by atoms with van der Waals surface area (Å²) in [5.74, 6) is 0.789. The second kappa shape index (κ2) is 10.5. The second-order valence-electron chi connectivity index (χ2n) is 7.79. The summed E-state index contributed by atoms with van der Waals surface area (Å²) < 4.78 is 10.5. The molecule has 0 unspecified atom stereocenters. The van der Waals surface area contributed by atoms with Crippen molar-refractivity contribution in [3.8, 4) is 5.75 Å². The number of hydrogen-bond donors (Lipinski definition) is 1. The maximum Gasteiger partial charge on any atom is 0.411 e. The molecule has 3 aromatic rings. The van der Waals surface area contributed by atoms with E-state index in [2.05, 4.69) is 5.32 Å². The summed E-state index contributed by atoms with van der Waals surface area (Å²) in [6, 6.07) is 24.4. The normalized spacial score (nSPS) is 13.5. The molecule has 1 aliphatic heterocycles. The van der Waals surface area contributed by atoms with Gasteiger partial charge in [0.1, 0.15) is 12.4 Å². The van der Waals surface area contributed by atoms with Crippen LogP contribution in [0.4, 0.5) is 21.0 Å². The Morgan fingerprint density at radius 3 is 2.48 bits per heavy atom. The van der Waals surface area contributed by atoms with E-state index in [9.17, 15) is 9.59 Å². The number of ether oxygens (including phenoxy) is 2. The lowest BCUT2D eigenvalue weighted by Gasteiger charge is -2.36. The first-order chi connectivity index (χ1) is 16.1. The lowest BCUT2D eigenvalue weighted by atomic mass is 10.1. The molecule has 3 aromatic carbocycles. The van der Waals surface area contributed by atoms with Gasteiger partial charge in [-0.3, -0.25) is 10.2 Å². The predicted octanol–water partition coefficient (Wildman–Crippen LogP) is 5.28. The SMILES string of the molecule is COc1ccc(CN2CCCN(c3cccc(NC(=O)OCc4ccccc4)c3)C2=O)cc1. The molecular formula is C26H27N3O4. The van der Waals surface area contributed by atoms with Gasteiger partial charge in [0.05, 0.1) is 7.11 Å². The molecular weight excluding hydrogens is 418 g/mol. The first kappa shape index (κ1) is 22.2. The Balaban J connectivity index is 1.38. The Morgan fingerprint density at radius 2 is 1.73 bits per heavy atom. The van der Waals surface area contributed by atoms with Crippen molar-refractivity contribution < 1.29 is 19.1 Å². The third-order valence-electron chi connectivity index (χ3n) is 5.46. The zero-order valence-electron chi connectivity index (χ0n) is 18.6. The molecule has 1 fully saturated rings. The molecule has 4 rings (SSSR count). The molecule has 3 amide bonds. The van der Waals surface area contributed by atoms with Crippen molar-refractivity contribution in [2.24, 2.45) is 0 Å². The molecule has 170 valence electrons. The van der Waals surface area contributed by atoms with Gasteiger partial charge in [0, 0.05) is 31.0 Å². The highest BCUT2D eigenvalue weighted by Crippen LogP contribution is 2.25. The number of nitrogens with one attached hydrogen (secondary N) is 1. The second-order valence-corrected chi connectivity index (χ2v) is 7.79. The fourth-order valence-corrected chi connectivity index (χ4v) is 3.75. The number of benzene rings is 3. The van der Waals surface area contributed by atoms with Gasteiger partial charge in [-0.05, 0) is 47.9 Å². The van der Waals surface area contributed by atoms with Gasteiger partial charge in [0.15, 0.2) is 0 Å². The van der Waals surface area contributed by atoms with Crippen molar-refractivity contribution in [2.75, 3.05) is 30.4 Å². The zero-order valence-corrected chi connectivity index (χ0v) is 18.6. The zero-order chi connectivity index (χ0) is 23.0. The Kier molecular flexibility index (Phi) is 7.09. The minimum Gasteiger partial charge on any atom is -0.497 e. The van der Waals surface area contributed by atoms with Gasteiger partial charge >= 0.3 is 12.1 Å². The average molecular weight is 446 g/mol. The van der Waals surface area contributed by atoms with Crippen molar-refractivity contribution >= 4 is 23.5 Å². The molecule has 1 heterocycles. The standard InChI is InChI=1S/C26H27N3O4/c1-32-24-13-11-20(12-14-24)18-28-15-6-16-29(26(28)31)23-10-5-9-22(17-23)27-25(30)33-19-21-7-3-2-4-8-21/h2-5,7-14,17H,6,15-16,18-19H2,1H3,(H,27,30). The van der Waals surface area contributed by atoms with Crippen molar-refractivity contribution in [1.82, 2.24) is 4.90 Å². The molecule has 0 spiro atoms. The maximum absolute atomic E-state index is 13.2. The van der Waals surface area contributed by atoms with Crippen LogP contribution in [0.1, 0.15) is 17.5 Å². The van der Waals surface area contributed by atoms with E-state index in [1.807, 2.05) is 71.6 Å². The van der Waals surface area contributed by atoms with E-state index < -0.39 is 6.09 Å². The number of urea groups is 1. The maximum atomic E-state index is 13.2. The molecule has 1 N–H and O–H groups in total. The van der Waals surface area contributed by atoms with E-state index in [0.29, 0.717) is 25.3 Å². The highest BCUT2D eigenvalue weighted by Gasteiger charge is 2.27. The molecule has 1 saturated heterocycles. The van der Waals surface area contributed by atoms with Gasteiger partial charge < -0.3 is 14.4 Å². The number of carbonyl (C=O) groups excluding carboxylic acids is 2. The van der Waals surface area contributed by atoms with Gasteiger partial charge in [-0.25, -0.2) is 9.59 Å². The topological polar surface area (TPSA) is 71.1 Å². The third kappa shape index (κ3) is 5.83. The Morgan fingerprint density at radius 1 is 0.939 bits per heavy atom. The van der Waals surface area contributed by atoms with E-state index in [4.69, 9.17) is 9.47 Å². The molecule has 7 heteroatoms. The van der Waals surface area contributed by atoms with Crippen LogP contribution in [-0.4, -0.2) is 37.2 Å². The highest BCUT2D eigenvalue weighted by molar-refractivity contribution is 5.94. The van der Waals surface area contributed by atoms with Crippen LogP contribution in [0.3, 0.4) is 0 Å². The fourth-order valence-electron chi connectivity index (χ4n) is 3.75. The van der Waals surface area contributed by atoms with Gasteiger partial charge in [0.25, 0.3) is 0 Å². The number of nitrogens with zero attached hydrogens (tertiary/aromatic N) is 2. The molecule has 33 heavy (non-hydrogen) atoms. The lowest BCUT2D eigenvalue weighted by Crippen LogP contribution is -2.49. The minimum atomic E-state index is -0.540. The van der Waals surface area contributed by atoms with E-state index >= 15 is 0 Å². The van der Waals surface area contributed by atoms with Crippen LogP contribution in [0.15, 0.2) is 78.9 Å². The van der Waals surface area contributed by atoms with Crippen molar-refractivity contribution in [2.45, 2.75) is 19.6 Å². The summed E-state index contributed by atoms with van der Waals surface area (Å²) in [7, 11) is 1.63. The third-order valence-corrected chi connectivity index (χ3v) is 5.46. The molecule has 0 aromatic heterocycles. The predicted molar refractivity (Wildman–Crippen MR) is 127 cm³/mol. The van der Waals surface area contributed by atoms with Gasteiger partial charge in [-0.2, -0.15) is 0 Å². The van der Waals surface area contributed by atoms with Crippen LogP contribution in [0.25, 0.3) is 0 Å². The van der Waals surface area contributed by atoms with E-state index in [1.54, 1.807) is 24.1 Å². The summed E-state index contributed by atoms with van der Waals surface area (Å²) in [4.78, 5) is 28.9. The number of anilines is 2. The smallest absolute Gasteiger partial charge is 0.411 e. The van der Waals surface area contributed by atoms with Crippen molar-refractivity contribution in [3.05, 3.63) is 90.0 Å². The van der Waals surface area contributed by atoms with Crippen LogP contribution in [-0.2, 0) is 17.9 Å². The largest absolute Gasteiger partial charge is 0.497 e. The Bertz CT molecular complexity index is 1090. The van der Waals surface area contributed by atoms with E-state index in [1.165, 1.54) is 0 Å². The molecule has 0 radical (unpaired) electrons. The first-order valence-electron chi connectivity index (χ1n) is 10.9. The van der Waals surface area contributed by atoms with Gasteiger partial charge in [-0.1, -0.05) is 48.5 Å². The van der Waals surface area contributed by atoms with Gasteiger partial charge in [0.2, 0.25) is 0 Å². The summed E-state index contributed by atoms with van der Waals surface area (Å²) >= 11 is 0. The molecule has 7 nitrogen and oxygen atoms in total.